The number of nitrogens with zero attached hydrogens (tertiary/aromatic N) is 1. The van der Waals surface area contributed by atoms with Crippen LogP contribution in [0.5, 0.6) is 0 Å². The quantitative estimate of drug-likeness (QED) is 0.732. The van der Waals surface area contributed by atoms with Crippen LogP contribution in [0.15, 0.2) is 24.3 Å². The lowest BCUT2D eigenvalue weighted by atomic mass is 10.1. The summed E-state index contributed by atoms with van der Waals surface area (Å²) < 4.78 is 0. The van der Waals surface area contributed by atoms with Gasteiger partial charge in [-0.2, -0.15) is 11.8 Å². The topological polar surface area (TPSA) is 29.3 Å². The molecule has 1 aromatic rings. The summed E-state index contributed by atoms with van der Waals surface area (Å²) in [5.74, 6) is 1.23. The smallest absolute Gasteiger partial charge is 0.0316 e. The van der Waals surface area contributed by atoms with Gasteiger partial charge in [-0.25, -0.2) is 0 Å². The fourth-order valence-corrected chi connectivity index (χ4v) is 3.09. The van der Waals surface area contributed by atoms with Crippen molar-refractivity contribution in [3.8, 4) is 0 Å². The highest BCUT2D eigenvalue weighted by Crippen LogP contribution is 2.12. The third kappa shape index (κ3) is 5.32. The SMILES string of the molecule is CCC(CSC)N(C)CCCc1cccc(N)c1. The highest BCUT2D eigenvalue weighted by Gasteiger charge is 2.11. The molecule has 3 heteroatoms. The summed E-state index contributed by atoms with van der Waals surface area (Å²) in [6.45, 7) is 3.43. The summed E-state index contributed by atoms with van der Waals surface area (Å²) in [4.78, 5) is 2.49. The summed E-state index contributed by atoms with van der Waals surface area (Å²) in [6, 6.07) is 8.94. The van der Waals surface area contributed by atoms with Crippen LogP contribution in [0.25, 0.3) is 0 Å². The summed E-state index contributed by atoms with van der Waals surface area (Å²) in [5.41, 5.74) is 8.00. The molecule has 0 bridgehead atoms. The molecule has 1 aromatic carbocycles. The highest BCUT2D eigenvalue weighted by molar-refractivity contribution is 7.98. The van der Waals surface area contributed by atoms with Gasteiger partial charge < -0.3 is 10.6 Å². The van der Waals surface area contributed by atoms with Crippen LogP contribution >= 0.6 is 11.8 Å². The number of aryl methyl sites for hydroxylation is 1. The van der Waals surface area contributed by atoms with Gasteiger partial charge in [0.15, 0.2) is 0 Å². The van der Waals surface area contributed by atoms with Crippen molar-refractivity contribution in [2.75, 3.05) is 31.3 Å². The van der Waals surface area contributed by atoms with E-state index in [1.807, 2.05) is 23.9 Å². The van der Waals surface area contributed by atoms with E-state index in [0.717, 1.165) is 18.7 Å². The molecule has 2 N–H and O–H groups in total. The fraction of sp³-hybridized carbons (Fsp3) is 0.600. The Morgan fingerprint density at radius 2 is 2.17 bits per heavy atom. The lowest BCUT2D eigenvalue weighted by molar-refractivity contribution is 0.253. The minimum absolute atomic E-state index is 0.709. The van der Waals surface area contributed by atoms with E-state index < -0.39 is 0 Å². The third-order valence-electron chi connectivity index (χ3n) is 3.38. The molecule has 1 rings (SSSR count). The van der Waals surface area contributed by atoms with Crippen molar-refractivity contribution >= 4 is 17.4 Å². The van der Waals surface area contributed by atoms with E-state index in [0.29, 0.717) is 6.04 Å². The number of thioether (sulfide) groups is 1. The first kappa shape index (κ1) is 15.4. The number of nitrogen functional groups attached to an aromatic ring is 1. The standard InChI is InChI=1S/C15H26N2S/c1-4-15(12-18-3)17(2)10-6-8-13-7-5-9-14(16)11-13/h5,7,9,11,15H,4,6,8,10,12,16H2,1-3H3. The number of rotatable bonds is 8. The van der Waals surface area contributed by atoms with Gasteiger partial charge in [0.1, 0.15) is 0 Å². The van der Waals surface area contributed by atoms with Gasteiger partial charge in [0.05, 0.1) is 0 Å². The van der Waals surface area contributed by atoms with Crippen LogP contribution in [-0.4, -0.2) is 36.5 Å². The molecule has 1 atom stereocenters. The first-order chi connectivity index (χ1) is 8.67. The minimum Gasteiger partial charge on any atom is -0.399 e. The molecule has 0 spiro atoms. The van der Waals surface area contributed by atoms with E-state index in [2.05, 4.69) is 37.3 Å². The van der Waals surface area contributed by atoms with Crippen molar-refractivity contribution in [2.24, 2.45) is 0 Å². The minimum atomic E-state index is 0.709. The first-order valence-corrected chi connectivity index (χ1v) is 8.10. The van der Waals surface area contributed by atoms with Gasteiger partial charge >= 0.3 is 0 Å². The molecule has 0 radical (unpaired) electrons. The second kappa shape index (κ2) is 8.44. The fourth-order valence-electron chi connectivity index (χ4n) is 2.21. The Hall–Kier alpha value is -0.670. The summed E-state index contributed by atoms with van der Waals surface area (Å²) in [6.07, 6.45) is 5.73. The number of nitrogens with two attached hydrogens (primary N) is 1. The molecule has 1 unspecified atom stereocenters. The predicted molar refractivity (Wildman–Crippen MR) is 84.3 cm³/mol. The van der Waals surface area contributed by atoms with Crippen molar-refractivity contribution in [3.63, 3.8) is 0 Å². The molecule has 0 amide bonds. The van der Waals surface area contributed by atoms with Crippen molar-refractivity contribution in [2.45, 2.75) is 32.2 Å². The molecule has 0 aliphatic heterocycles. The molecule has 0 aliphatic carbocycles. The molecular weight excluding hydrogens is 240 g/mol. The van der Waals surface area contributed by atoms with Gasteiger partial charge in [0.2, 0.25) is 0 Å². The van der Waals surface area contributed by atoms with Crippen LogP contribution in [0.4, 0.5) is 5.69 Å². The number of hydrogen-bond donors (Lipinski definition) is 1. The average molecular weight is 266 g/mol. The largest absolute Gasteiger partial charge is 0.399 e. The van der Waals surface area contributed by atoms with Crippen LogP contribution in [0, 0.1) is 0 Å². The maximum Gasteiger partial charge on any atom is 0.0316 e. The number of anilines is 1. The number of hydrogen-bond acceptors (Lipinski definition) is 3. The van der Waals surface area contributed by atoms with Gasteiger partial charge in [-0.15, -0.1) is 0 Å². The Morgan fingerprint density at radius 3 is 2.78 bits per heavy atom. The molecule has 0 heterocycles. The van der Waals surface area contributed by atoms with E-state index in [1.54, 1.807) is 0 Å². The number of benzene rings is 1. The second-order valence-corrected chi connectivity index (χ2v) is 5.76. The van der Waals surface area contributed by atoms with E-state index in [-0.39, 0.29) is 0 Å². The van der Waals surface area contributed by atoms with Crippen molar-refractivity contribution in [1.82, 2.24) is 4.90 Å². The van der Waals surface area contributed by atoms with Gasteiger partial charge in [0.25, 0.3) is 0 Å². The van der Waals surface area contributed by atoms with Crippen LogP contribution in [-0.2, 0) is 6.42 Å². The lowest BCUT2D eigenvalue weighted by Crippen LogP contribution is -2.34. The molecule has 0 aliphatic rings. The van der Waals surface area contributed by atoms with E-state index >= 15 is 0 Å². The maximum atomic E-state index is 5.79. The Balaban J connectivity index is 2.32. The van der Waals surface area contributed by atoms with Crippen molar-refractivity contribution < 1.29 is 0 Å². The molecule has 0 saturated heterocycles. The Bertz CT molecular complexity index is 341. The summed E-state index contributed by atoms with van der Waals surface area (Å²) >= 11 is 1.94. The van der Waals surface area contributed by atoms with Gasteiger partial charge in [-0.05, 0) is 56.8 Å². The van der Waals surface area contributed by atoms with Crippen LogP contribution in [0.2, 0.25) is 0 Å². The molecule has 102 valence electrons. The lowest BCUT2D eigenvalue weighted by Gasteiger charge is -2.26. The predicted octanol–water partition coefficient (Wildman–Crippen LogP) is 3.27. The van der Waals surface area contributed by atoms with Crippen molar-refractivity contribution in [1.29, 1.82) is 0 Å². The average Bonchev–Trinajstić information content (AvgIpc) is 2.36. The zero-order valence-electron chi connectivity index (χ0n) is 11.9. The Kier molecular flexibility index (Phi) is 7.21. The summed E-state index contributed by atoms with van der Waals surface area (Å²) in [5, 5.41) is 0. The summed E-state index contributed by atoms with van der Waals surface area (Å²) in [7, 11) is 2.24. The van der Waals surface area contributed by atoms with E-state index in [4.69, 9.17) is 5.73 Å². The molecule has 2 nitrogen and oxygen atoms in total. The maximum absolute atomic E-state index is 5.79. The zero-order chi connectivity index (χ0) is 13.4. The van der Waals surface area contributed by atoms with Gasteiger partial charge in [-0.3, -0.25) is 0 Å². The van der Waals surface area contributed by atoms with Gasteiger partial charge in [-0.1, -0.05) is 19.1 Å². The monoisotopic (exact) mass is 266 g/mol. The molecule has 0 saturated carbocycles. The Labute approximate surface area is 116 Å². The third-order valence-corrected chi connectivity index (χ3v) is 4.10. The molecule has 18 heavy (non-hydrogen) atoms. The first-order valence-electron chi connectivity index (χ1n) is 6.71. The molecule has 0 aromatic heterocycles. The van der Waals surface area contributed by atoms with Crippen LogP contribution in [0.1, 0.15) is 25.3 Å². The Morgan fingerprint density at radius 1 is 1.39 bits per heavy atom. The zero-order valence-corrected chi connectivity index (χ0v) is 12.7. The van der Waals surface area contributed by atoms with Crippen LogP contribution < -0.4 is 5.73 Å². The molecule has 0 fully saturated rings. The van der Waals surface area contributed by atoms with Crippen molar-refractivity contribution in [3.05, 3.63) is 29.8 Å². The van der Waals surface area contributed by atoms with Gasteiger partial charge in [0, 0.05) is 17.5 Å². The van der Waals surface area contributed by atoms with E-state index in [1.165, 1.54) is 24.2 Å². The van der Waals surface area contributed by atoms with Crippen LogP contribution in [0.3, 0.4) is 0 Å². The molecular formula is C15H26N2S. The normalized spacial score (nSPS) is 12.9. The second-order valence-electron chi connectivity index (χ2n) is 4.85. The van der Waals surface area contributed by atoms with E-state index in [9.17, 15) is 0 Å². The highest BCUT2D eigenvalue weighted by atomic mass is 32.2.